The molecule has 0 atom stereocenters. The van der Waals surface area contributed by atoms with E-state index in [9.17, 15) is 13.2 Å². The van der Waals surface area contributed by atoms with Crippen LogP contribution in [0.3, 0.4) is 0 Å². The molecule has 20 heavy (non-hydrogen) atoms. The fourth-order valence-electron chi connectivity index (χ4n) is 2.44. The maximum atomic E-state index is 12.2. The Kier molecular flexibility index (Phi) is 4.77. The fourth-order valence-corrected chi connectivity index (χ4v) is 3.96. The number of primary amides is 1. The lowest BCUT2D eigenvalue weighted by molar-refractivity contribution is -0.122. The smallest absolute Gasteiger partial charge is 0.220 e. The van der Waals surface area contributed by atoms with Crippen LogP contribution >= 0.6 is 0 Å². The molecule has 5 nitrogen and oxygen atoms in total. The van der Waals surface area contributed by atoms with Gasteiger partial charge in [0.1, 0.15) is 0 Å². The van der Waals surface area contributed by atoms with Crippen molar-refractivity contribution in [1.82, 2.24) is 4.31 Å². The number of hydrogen-bond acceptors (Lipinski definition) is 3. The zero-order valence-electron chi connectivity index (χ0n) is 11.4. The van der Waals surface area contributed by atoms with Crippen LogP contribution in [0, 0.1) is 5.92 Å². The van der Waals surface area contributed by atoms with Crippen LogP contribution < -0.4 is 5.73 Å². The molecule has 6 heteroatoms. The van der Waals surface area contributed by atoms with Crippen LogP contribution in [0.5, 0.6) is 0 Å². The number of nitrogens with zero attached hydrogens (tertiary/aromatic N) is 1. The number of carbonyl (C=O) groups is 1. The van der Waals surface area contributed by atoms with Gasteiger partial charge in [-0.3, -0.25) is 4.79 Å². The molecule has 2 rings (SSSR count). The maximum absolute atomic E-state index is 12.2. The Labute approximate surface area is 119 Å². The van der Waals surface area contributed by atoms with E-state index in [0.717, 1.165) is 5.56 Å². The van der Waals surface area contributed by atoms with E-state index in [0.29, 0.717) is 32.4 Å². The topological polar surface area (TPSA) is 80.5 Å². The quantitative estimate of drug-likeness (QED) is 0.871. The molecular formula is C14H20N2O3S. The summed E-state index contributed by atoms with van der Waals surface area (Å²) in [5.74, 6) is -0.403. The standard InChI is InChI=1S/C14H20N2O3S/c15-14(17)13-6-9-16(10-7-13)20(18,19)11-8-12-4-2-1-3-5-12/h1-5,13H,6-11H2,(H2,15,17). The zero-order valence-corrected chi connectivity index (χ0v) is 12.2. The van der Waals surface area contributed by atoms with Crippen molar-refractivity contribution in [3.8, 4) is 0 Å². The van der Waals surface area contributed by atoms with Gasteiger partial charge in [-0.05, 0) is 24.8 Å². The molecule has 0 aromatic heterocycles. The molecule has 1 aromatic rings. The van der Waals surface area contributed by atoms with Crippen molar-refractivity contribution in [2.45, 2.75) is 19.3 Å². The predicted octanol–water partition coefficient (Wildman–Crippen LogP) is 0.756. The molecule has 1 aliphatic rings. The van der Waals surface area contributed by atoms with Crippen LogP contribution in [0.2, 0.25) is 0 Å². The molecule has 0 saturated carbocycles. The first-order valence-electron chi connectivity index (χ1n) is 6.80. The lowest BCUT2D eigenvalue weighted by atomic mass is 9.98. The molecule has 2 N–H and O–H groups in total. The van der Waals surface area contributed by atoms with Gasteiger partial charge in [0.25, 0.3) is 0 Å². The summed E-state index contributed by atoms with van der Waals surface area (Å²) in [6.45, 7) is 0.787. The van der Waals surface area contributed by atoms with E-state index in [-0.39, 0.29) is 17.6 Å². The molecule has 1 amide bonds. The molecule has 1 fully saturated rings. The second kappa shape index (κ2) is 6.37. The SMILES string of the molecule is NC(=O)C1CCN(S(=O)(=O)CCc2ccccc2)CC1. The molecule has 110 valence electrons. The molecule has 0 aliphatic carbocycles. The Morgan fingerprint density at radius 3 is 2.35 bits per heavy atom. The minimum Gasteiger partial charge on any atom is -0.369 e. The fraction of sp³-hybridized carbons (Fsp3) is 0.500. The van der Waals surface area contributed by atoms with Gasteiger partial charge in [0.2, 0.25) is 15.9 Å². The Hall–Kier alpha value is -1.40. The van der Waals surface area contributed by atoms with Crippen LogP contribution in [0.1, 0.15) is 18.4 Å². The lowest BCUT2D eigenvalue weighted by Crippen LogP contribution is -2.42. The number of benzene rings is 1. The van der Waals surface area contributed by atoms with Gasteiger partial charge in [-0.15, -0.1) is 0 Å². The van der Waals surface area contributed by atoms with Gasteiger partial charge in [0.15, 0.2) is 0 Å². The summed E-state index contributed by atoms with van der Waals surface area (Å²) in [5, 5.41) is 0. The highest BCUT2D eigenvalue weighted by Crippen LogP contribution is 2.19. The second-order valence-corrected chi connectivity index (χ2v) is 7.22. The minimum absolute atomic E-state index is 0.109. The Balaban J connectivity index is 1.90. The Bertz CT molecular complexity index is 549. The van der Waals surface area contributed by atoms with Crippen molar-refractivity contribution in [2.75, 3.05) is 18.8 Å². The average Bonchev–Trinajstić information content (AvgIpc) is 2.46. The third-order valence-corrected chi connectivity index (χ3v) is 5.61. The molecule has 0 unspecified atom stereocenters. The van der Waals surface area contributed by atoms with Crippen LogP contribution in [0.15, 0.2) is 30.3 Å². The predicted molar refractivity (Wildman–Crippen MR) is 77.4 cm³/mol. The minimum atomic E-state index is -3.25. The number of aryl methyl sites for hydroxylation is 1. The van der Waals surface area contributed by atoms with E-state index in [1.54, 1.807) is 0 Å². The van der Waals surface area contributed by atoms with Crippen molar-refractivity contribution in [2.24, 2.45) is 11.7 Å². The number of rotatable bonds is 5. The molecule has 0 spiro atoms. The van der Waals surface area contributed by atoms with Gasteiger partial charge in [-0.25, -0.2) is 12.7 Å². The van der Waals surface area contributed by atoms with Gasteiger partial charge < -0.3 is 5.73 Å². The first kappa shape index (κ1) is 15.0. The third-order valence-electron chi connectivity index (χ3n) is 3.74. The van der Waals surface area contributed by atoms with E-state index in [1.807, 2.05) is 30.3 Å². The summed E-state index contributed by atoms with van der Waals surface area (Å²) < 4.78 is 26.0. The van der Waals surface area contributed by atoms with E-state index >= 15 is 0 Å². The van der Waals surface area contributed by atoms with Gasteiger partial charge in [0.05, 0.1) is 5.75 Å². The van der Waals surface area contributed by atoms with E-state index < -0.39 is 10.0 Å². The van der Waals surface area contributed by atoms with Crippen LogP contribution in [-0.4, -0.2) is 37.5 Å². The van der Waals surface area contributed by atoms with Gasteiger partial charge in [0, 0.05) is 19.0 Å². The van der Waals surface area contributed by atoms with Crippen molar-refractivity contribution in [3.05, 3.63) is 35.9 Å². The largest absolute Gasteiger partial charge is 0.369 e. The Morgan fingerprint density at radius 2 is 1.80 bits per heavy atom. The van der Waals surface area contributed by atoms with Crippen LogP contribution in [0.4, 0.5) is 0 Å². The highest BCUT2D eigenvalue weighted by Gasteiger charge is 2.29. The lowest BCUT2D eigenvalue weighted by Gasteiger charge is -2.29. The number of sulfonamides is 1. The number of hydrogen-bond donors (Lipinski definition) is 1. The molecule has 1 aliphatic heterocycles. The number of nitrogens with two attached hydrogens (primary N) is 1. The summed E-state index contributed by atoms with van der Waals surface area (Å²) in [7, 11) is -3.25. The highest BCUT2D eigenvalue weighted by atomic mass is 32.2. The molecule has 0 radical (unpaired) electrons. The molecule has 1 aromatic carbocycles. The van der Waals surface area contributed by atoms with Gasteiger partial charge in [-0.2, -0.15) is 0 Å². The van der Waals surface area contributed by atoms with Crippen molar-refractivity contribution < 1.29 is 13.2 Å². The molecule has 1 saturated heterocycles. The second-order valence-electron chi connectivity index (χ2n) is 5.13. The third kappa shape index (κ3) is 3.80. The number of carbonyl (C=O) groups excluding carboxylic acids is 1. The summed E-state index contributed by atoms with van der Waals surface area (Å²) in [5.41, 5.74) is 6.27. The average molecular weight is 296 g/mol. The summed E-state index contributed by atoms with van der Waals surface area (Å²) in [4.78, 5) is 11.1. The highest BCUT2D eigenvalue weighted by molar-refractivity contribution is 7.89. The van der Waals surface area contributed by atoms with Crippen molar-refractivity contribution >= 4 is 15.9 Å². The van der Waals surface area contributed by atoms with E-state index in [2.05, 4.69) is 0 Å². The Morgan fingerprint density at radius 1 is 1.20 bits per heavy atom. The monoisotopic (exact) mass is 296 g/mol. The molecule has 1 heterocycles. The van der Waals surface area contributed by atoms with Crippen molar-refractivity contribution in [3.63, 3.8) is 0 Å². The summed E-state index contributed by atoms with van der Waals surface area (Å²) in [6.07, 6.45) is 1.57. The van der Waals surface area contributed by atoms with Crippen LogP contribution in [-0.2, 0) is 21.2 Å². The first-order chi connectivity index (χ1) is 9.49. The molecular weight excluding hydrogens is 276 g/mol. The number of amides is 1. The summed E-state index contributed by atoms with van der Waals surface area (Å²) in [6, 6.07) is 9.57. The zero-order chi connectivity index (χ0) is 14.6. The maximum Gasteiger partial charge on any atom is 0.220 e. The summed E-state index contributed by atoms with van der Waals surface area (Å²) >= 11 is 0. The van der Waals surface area contributed by atoms with Gasteiger partial charge in [-0.1, -0.05) is 30.3 Å². The van der Waals surface area contributed by atoms with E-state index in [1.165, 1.54) is 4.31 Å². The van der Waals surface area contributed by atoms with E-state index in [4.69, 9.17) is 5.73 Å². The first-order valence-corrected chi connectivity index (χ1v) is 8.41. The number of piperidine rings is 1. The normalized spacial score (nSPS) is 18.0. The van der Waals surface area contributed by atoms with Crippen molar-refractivity contribution in [1.29, 1.82) is 0 Å². The molecule has 0 bridgehead atoms. The van der Waals surface area contributed by atoms with Gasteiger partial charge >= 0.3 is 0 Å². The van der Waals surface area contributed by atoms with Crippen LogP contribution in [0.25, 0.3) is 0 Å².